The zero-order chi connectivity index (χ0) is 32.8. The molecule has 0 aliphatic heterocycles. The lowest BCUT2D eigenvalue weighted by molar-refractivity contribution is -0.0499. The van der Waals surface area contributed by atoms with Crippen LogP contribution in [-0.4, -0.2) is 38.5 Å². The van der Waals surface area contributed by atoms with Crippen molar-refractivity contribution in [2.45, 2.75) is 117 Å². The Labute approximate surface area is 252 Å². The Morgan fingerprint density at radius 3 is 1.40 bits per heavy atom. The van der Waals surface area contributed by atoms with Gasteiger partial charge in [-0.25, -0.2) is 0 Å². The van der Waals surface area contributed by atoms with E-state index in [0.717, 1.165) is 22.3 Å². The third-order valence-corrected chi connectivity index (χ3v) is 14.7. The molecule has 0 amide bonds. The molecule has 2 aromatic rings. The van der Waals surface area contributed by atoms with Gasteiger partial charge in [-0.2, -0.15) is 21.6 Å². The summed E-state index contributed by atoms with van der Waals surface area (Å²) in [5, 5.41) is -1.88. The van der Waals surface area contributed by atoms with Gasteiger partial charge in [0.05, 0.1) is 19.8 Å². The average Bonchev–Trinajstić information content (AvgIpc) is 2.83. The Bertz CT molecular complexity index is 1340. The average molecular weight is 634 g/mol. The molecule has 0 fully saturated rings. The molecule has 2 aromatic carbocycles. The largest absolute Gasteiger partial charge is 0.526 e. The zero-order valence-corrected chi connectivity index (χ0v) is 29.3. The van der Waals surface area contributed by atoms with E-state index < -0.39 is 33.4 Å². The summed E-state index contributed by atoms with van der Waals surface area (Å²) in [6.07, 6.45) is 0. The molecule has 0 saturated heterocycles. The van der Waals surface area contributed by atoms with E-state index >= 15 is 0 Å². The summed E-state index contributed by atoms with van der Waals surface area (Å²) in [6.45, 7) is 22.9. The van der Waals surface area contributed by atoms with Crippen molar-refractivity contribution in [1.29, 1.82) is 0 Å². The number of hydrogen-bond donors (Lipinski definition) is 0. The van der Waals surface area contributed by atoms with E-state index in [9.17, 15) is 21.6 Å². The first kappa shape index (κ1) is 36.4. The van der Waals surface area contributed by atoms with Crippen LogP contribution in [0, 0.1) is 0 Å². The summed E-state index contributed by atoms with van der Waals surface area (Å²) >= 11 is 0. The van der Waals surface area contributed by atoms with E-state index in [0.29, 0.717) is 16.6 Å². The van der Waals surface area contributed by atoms with E-state index in [1.165, 1.54) is 14.2 Å². The highest BCUT2D eigenvalue weighted by molar-refractivity contribution is 7.97. The van der Waals surface area contributed by atoms with Crippen LogP contribution in [0.5, 0.6) is 11.5 Å². The van der Waals surface area contributed by atoms with Crippen molar-refractivity contribution in [3.63, 3.8) is 0 Å². The van der Waals surface area contributed by atoms with Gasteiger partial charge in [0, 0.05) is 0 Å². The Morgan fingerprint density at radius 1 is 0.690 bits per heavy atom. The molecule has 10 heteroatoms. The topological polar surface area (TPSA) is 61.8 Å². The molecule has 0 bridgehead atoms. The van der Waals surface area contributed by atoms with Crippen molar-refractivity contribution in [2.24, 2.45) is 0 Å². The quantitative estimate of drug-likeness (QED) is 0.203. The predicted octanol–water partition coefficient (Wildman–Crippen LogP) is 9.76. The van der Waals surface area contributed by atoms with Gasteiger partial charge < -0.3 is 9.47 Å². The van der Waals surface area contributed by atoms with E-state index in [1.54, 1.807) is 53.7 Å². The van der Waals surface area contributed by atoms with Crippen molar-refractivity contribution in [3.05, 3.63) is 41.0 Å². The standard InChI is InChI=1S/C32H49F3O5PS/c1-19(2)22-17-23(20(3)4)27(24(18-22)21(5)6)28-25(38-13)15-16-26(39-14)29(28)41(30(7,8)9,31(10,11)12)40-42(36,37)32(33,34)35/h15-21H,1-14H3/q+1. The first-order valence-electron chi connectivity index (χ1n) is 14.2. The van der Waals surface area contributed by atoms with Crippen LogP contribution in [0.3, 0.4) is 0 Å². The van der Waals surface area contributed by atoms with E-state index in [1.807, 2.05) is 0 Å². The summed E-state index contributed by atoms with van der Waals surface area (Å²) in [5.41, 5.74) is -1.20. The molecule has 0 aliphatic carbocycles. The third-order valence-electron chi connectivity index (χ3n) is 7.62. The number of methoxy groups -OCH3 is 2. The number of benzene rings is 2. The second kappa shape index (κ2) is 12.3. The predicted molar refractivity (Wildman–Crippen MR) is 169 cm³/mol. The number of alkyl halides is 3. The highest BCUT2D eigenvalue weighted by Crippen LogP contribution is 2.79. The van der Waals surface area contributed by atoms with Crippen LogP contribution in [0.2, 0.25) is 0 Å². The Balaban J connectivity index is 3.49. The van der Waals surface area contributed by atoms with Gasteiger partial charge in [0.1, 0.15) is 16.1 Å². The molecule has 0 aromatic heterocycles. The molecule has 0 spiro atoms. The summed E-state index contributed by atoms with van der Waals surface area (Å²) < 4.78 is 85.9. The fraction of sp³-hybridized carbons (Fsp3) is 0.625. The molecule has 0 saturated carbocycles. The molecule has 42 heavy (non-hydrogen) atoms. The fourth-order valence-corrected chi connectivity index (χ4v) is 13.8. The monoisotopic (exact) mass is 633 g/mol. The molecular weight excluding hydrogens is 584 g/mol. The van der Waals surface area contributed by atoms with Gasteiger partial charge >= 0.3 is 15.6 Å². The molecule has 0 unspecified atom stereocenters. The van der Waals surface area contributed by atoms with Crippen LogP contribution >= 0.6 is 7.49 Å². The maximum Gasteiger partial charge on any atom is 0.526 e. The molecular formula is C32H49F3O5PS+. The zero-order valence-electron chi connectivity index (χ0n) is 27.6. The number of hydrogen-bond acceptors (Lipinski definition) is 5. The van der Waals surface area contributed by atoms with E-state index in [4.69, 9.17) is 13.4 Å². The van der Waals surface area contributed by atoms with Gasteiger partial charge in [-0.1, -0.05) is 53.7 Å². The summed E-state index contributed by atoms with van der Waals surface area (Å²) in [4.78, 5) is 0. The molecule has 238 valence electrons. The normalized spacial score (nSPS) is 13.8. The van der Waals surface area contributed by atoms with Gasteiger partial charge in [-0.3, -0.25) is 0 Å². The van der Waals surface area contributed by atoms with Crippen LogP contribution in [0.4, 0.5) is 13.2 Å². The maximum absolute atomic E-state index is 14.1. The molecule has 0 radical (unpaired) electrons. The summed E-state index contributed by atoms with van der Waals surface area (Å²) in [5.74, 6) is 0.932. The highest BCUT2D eigenvalue weighted by Gasteiger charge is 2.70. The van der Waals surface area contributed by atoms with Crippen molar-refractivity contribution in [2.75, 3.05) is 14.2 Å². The summed E-state index contributed by atoms with van der Waals surface area (Å²) in [6, 6.07) is 7.63. The minimum absolute atomic E-state index is 0.0248. The van der Waals surface area contributed by atoms with Crippen LogP contribution < -0.4 is 14.8 Å². The first-order valence-corrected chi connectivity index (χ1v) is 17.4. The van der Waals surface area contributed by atoms with Crippen molar-refractivity contribution < 1.29 is 35.0 Å². The van der Waals surface area contributed by atoms with Crippen LogP contribution in [-0.2, 0) is 14.1 Å². The SMILES string of the molecule is COc1ccc(OC)c([P+](OS(=O)(=O)C(F)(F)F)(C(C)(C)C)C(C)(C)C)c1-c1c(C(C)C)cc(C(C)C)cc1C(C)C. The molecule has 0 atom stereocenters. The third kappa shape index (κ3) is 6.49. The first-order chi connectivity index (χ1) is 18.9. The van der Waals surface area contributed by atoms with Crippen LogP contribution in [0.1, 0.15) is 118 Å². The molecule has 0 heterocycles. The van der Waals surface area contributed by atoms with Crippen LogP contribution in [0.25, 0.3) is 11.1 Å². The number of ether oxygens (including phenoxy) is 2. The van der Waals surface area contributed by atoms with Gasteiger partial charge in [0.2, 0.25) is 7.49 Å². The highest BCUT2D eigenvalue weighted by atomic mass is 32.2. The Hall–Kier alpha value is -1.83. The van der Waals surface area contributed by atoms with Crippen molar-refractivity contribution >= 4 is 22.9 Å². The van der Waals surface area contributed by atoms with Gasteiger partial charge in [-0.05, 0) is 93.7 Å². The van der Waals surface area contributed by atoms with Gasteiger partial charge in [0.15, 0.2) is 11.1 Å². The van der Waals surface area contributed by atoms with Gasteiger partial charge in [-0.15, -0.1) is 3.97 Å². The van der Waals surface area contributed by atoms with Crippen molar-refractivity contribution in [3.8, 4) is 22.6 Å². The van der Waals surface area contributed by atoms with Gasteiger partial charge in [0.25, 0.3) is 0 Å². The second-order valence-electron chi connectivity index (χ2n) is 13.7. The minimum Gasteiger partial charge on any atom is -0.496 e. The lowest BCUT2D eigenvalue weighted by atomic mass is 9.81. The lowest BCUT2D eigenvalue weighted by Crippen LogP contribution is -2.45. The van der Waals surface area contributed by atoms with E-state index in [2.05, 4.69) is 53.7 Å². The Kier molecular flexibility index (Phi) is 10.6. The fourth-order valence-electron chi connectivity index (χ4n) is 5.81. The number of halogens is 3. The lowest BCUT2D eigenvalue weighted by Gasteiger charge is -2.44. The Morgan fingerprint density at radius 2 is 1.10 bits per heavy atom. The molecule has 0 N–H and O–H groups in total. The molecule has 0 aliphatic rings. The summed E-state index contributed by atoms with van der Waals surface area (Å²) in [7, 11) is -6.97. The number of rotatable bonds is 9. The maximum atomic E-state index is 14.1. The van der Waals surface area contributed by atoms with E-state index in [-0.39, 0.29) is 23.5 Å². The smallest absolute Gasteiger partial charge is 0.496 e. The second-order valence-corrected chi connectivity index (χ2v) is 20.0. The van der Waals surface area contributed by atoms with Crippen molar-refractivity contribution in [1.82, 2.24) is 0 Å². The molecule has 2 rings (SSSR count). The molecule has 5 nitrogen and oxygen atoms in total. The van der Waals surface area contributed by atoms with Crippen LogP contribution in [0.15, 0.2) is 24.3 Å². The minimum atomic E-state index is -6.03.